The van der Waals surface area contributed by atoms with E-state index in [1.54, 1.807) is 0 Å². The third-order valence-electron chi connectivity index (χ3n) is 2.30. The van der Waals surface area contributed by atoms with Gasteiger partial charge in [0.1, 0.15) is 0 Å². The fourth-order valence-corrected chi connectivity index (χ4v) is 2.01. The summed E-state index contributed by atoms with van der Waals surface area (Å²) >= 11 is 2.34. The van der Waals surface area contributed by atoms with Gasteiger partial charge in [-0.3, -0.25) is 0 Å². The van der Waals surface area contributed by atoms with E-state index in [0.29, 0.717) is 0 Å². The van der Waals surface area contributed by atoms with Crippen molar-refractivity contribution in [3.63, 3.8) is 0 Å². The molecule has 0 bridgehead atoms. The summed E-state index contributed by atoms with van der Waals surface area (Å²) in [6, 6.07) is 10.7. The Morgan fingerprint density at radius 3 is 2.67 bits per heavy atom. The van der Waals surface area contributed by atoms with Crippen LogP contribution < -0.4 is 4.81 Å². The predicted octanol–water partition coefficient (Wildman–Crippen LogP) is 2.01. The van der Waals surface area contributed by atoms with E-state index in [9.17, 15) is 0 Å². The smallest absolute Gasteiger partial charge is 0.0743 e. The van der Waals surface area contributed by atoms with Gasteiger partial charge in [0.25, 0.3) is 0 Å². The summed E-state index contributed by atoms with van der Waals surface area (Å²) in [6.07, 6.45) is 5.50. The fourth-order valence-electron chi connectivity index (χ4n) is 1.47. The van der Waals surface area contributed by atoms with Gasteiger partial charge in [-0.1, -0.05) is 42.5 Å². The topological polar surface area (TPSA) is 4.44 Å². The Kier molecular flexibility index (Phi) is 6.76. The SMILES string of the molecule is C/C=C/CC[NH+]([B-]I)Cc1ccccc1. The first-order chi connectivity index (χ1) is 7.36. The lowest BCUT2D eigenvalue weighted by Crippen LogP contribution is -3.11. The molecule has 1 atom stereocenters. The van der Waals surface area contributed by atoms with Crippen LogP contribution in [0, 0.1) is 0 Å². The van der Waals surface area contributed by atoms with Crippen molar-refractivity contribution in [2.24, 2.45) is 0 Å². The molecule has 0 spiro atoms. The van der Waals surface area contributed by atoms with Crippen LogP contribution in [0.3, 0.4) is 0 Å². The van der Waals surface area contributed by atoms with Gasteiger partial charge in [-0.15, -0.1) is 0 Å². The van der Waals surface area contributed by atoms with Crippen LogP contribution in [0.15, 0.2) is 42.5 Å². The summed E-state index contributed by atoms with van der Waals surface area (Å²) in [7, 11) is 0. The van der Waals surface area contributed by atoms with E-state index in [-0.39, 0.29) is 0 Å². The Labute approximate surface area is 107 Å². The van der Waals surface area contributed by atoms with Crippen LogP contribution in [-0.4, -0.2) is 11.8 Å². The highest BCUT2D eigenvalue weighted by Crippen LogP contribution is 1.95. The molecular weight excluding hydrogens is 296 g/mol. The summed E-state index contributed by atoms with van der Waals surface area (Å²) in [5.74, 6) is 0. The second kappa shape index (κ2) is 7.94. The number of hydrogen-bond acceptors (Lipinski definition) is 0. The minimum atomic E-state index is 1.08. The predicted molar refractivity (Wildman–Crippen MR) is 75.2 cm³/mol. The van der Waals surface area contributed by atoms with Crippen molar-refractivity contribution < 1.29 is 4.81 Å². The number of benzene rings is 1. The maximum atomic E-state index is 2.34. The third kappa shape index (κ3) is 5.37. The average Bonchev–Trinajstić information content (AvgIpc) is 2.29. The summed E-state index contributed by atoms with van der Waals surface area (Å²) in [5.41, 5.74) is 1.40. The molecule has 1 nitrogen and oxygen atoms in total. The molecule has 0 saturated carbocycles. The van der Waals surface area contributed by atoms with E-state index in [4.69, 9.17) is 0 Å². The van der Waals surface area contributed by atoms with Crippen molar-refractivity contribution in [2.45, 2.75) is 19.9 Å². The largest absolute Gasteiger partial charge is 0.558 e. The molecule has 1 aromatic rings. The van der Waals surface area contributed by atoms with Crippen molar-refractivity contribution in [3.8, 4) is 0 Å². The van der Waals surface area contributed by atoms with Gasteiger partial charge in [-0.2, -0.15) is 0 Å². The maximum Gasteiger partial charge on any atom is 0.0743 e. The number of rotatable bonds is 6. The van der Waals surface area contributed by atoms with E-state index in [2.05, 4.69) is 77.1 Å². The van der Waals surface area contributed by atoms with Gasteiger partial charge in [0, 0.05) is 18.5 Å². The summed E-state index contributed by atoms with van der Waals surface area (Å²) in [6.45, 7) is 4.33. The molecule has 3 heteroatoms. The molecule has 15 heavy (non-hydrogen) atoms. The van der Waals surface area contributed by atoms with Crippen molar-refractivity contribution in [1.82, 2.24) is 0 Å². The first-order valence-electron chi connectivity index (χ1n) is 5.30. The molecule has 0 aliphatic heterocycles. The summed E-state index contributed by atoms with van der Waals surface area (Å²) in [4.78, 5) is 1.51. The molecule has 0 saturated heterocycles. The van der Waals surface area contributed by atoms with Crippen LogP contribution in [0.1, 0.15) is 18.9 Å². The summed E-state index contributed by atoms with van der Waals surface area (Å²) < 4.78 is 0. The van der Waals surface area contributed by atoms with E-state index < -0.39 is 0 Å². The van der Waals surface area contributed by atoms with Crippen molar-refractivity contribution in [3.05, 3.63) is 48.0 Å². The van der Waals surface area contributed by atoms with Gasteiger partial charge in [0.05, 0.1) is 11.8 Å². The van der Waals surface area contributed by atoms with Crippen LogP contribution in [0.5, 0.6) is 0 Å². The monoisotopic (exact) mass is 313 g/mol. The maximum absolute atomic E-state index is 2.34. The molecule has 0 aromatic heterocycles. The van der Waals surface area contributed by atoms with Crippen LogP contribution in [0.2, 0.25) is 0 Å². The first-order valence-corrected chi connectivity index (χ1v) is 6.54. The molecule has 1 N–H and O–H groups in total. The van der Waals surface area contributed by atoms with E-state index in [1.165, 1.54) is 16.9 Å². The van der Waals surface area contributed by atoms with Crippen LogP contribution in [-0.2, 0) is 6.54 Å². The van der Waals surface area contributed by atoms with Crippen LogP contribution in [0.4, 0.5) is 0 Å². The van der Waals surface area contributed by atoms with E-state index >= 15 is 0 Å². The Hall–Kier alpha value is -0.285. The van der Waals surface area contributed by atoms with Gasteiger partial charge >= 0.3 is 0 Å². The van der Waals surface area contributed by atoms with Gasteiger partial charge < -0.3 is 27.2 Å². The van der Waals surface area contributed by atoms with Gasteiger partial charge in [-0.05, 0) is 6.92 Å². The molecule has 0 fully saturated rings. The Bertz CT molecular complexity index is 287. The lowest BCUT2D eigenvalue weighted by atomic mass is 10.1. The van der Waals surface area contributed by atoms with Crippen molar-refractivity contribution in [2.75, 3.05) is 6.54 Å². The number of quaternary nitrogens is 1. The average molecular weight is 313 g/mol. The van der Waals surface area contributed by atoms with Crippen molar-refractivity contribution in [1.29, 1.82) is 0 Å². The van der Waals surface area contributed by atoms with E-state index in [1.807, 2.05) is 0 Å². The lowest BCUT2D eigenvalue weighted by molar-refractivity contribution is -0.794. The molecule has 0 aliphatic rings. The number of halogens is 1. The molecule has 1 unspecified atom stereocenters. The molecule has 1 aromatic carbocycles. The highest BCUT2D eigenvalue weighted by Gasteiger charge is 1.97. The second-order valence-corrected chi connectivity index (χ2v) is 4.16. The highest BCUT2D eigenvalue weighted by molar-refractivity contribution is 14.1. The molecule has 1 rings (SSSR count). The Morgan fingerprint density at radius 2 is 2.07 bits per heavy atom. The molecular formula is C12H17BIN. The lowest BCUT2D eigenvalue weighted by Gasteiger charge is -2.27. The molecule has 0 heterocycles. The van der Waals surface area contributed by atoms with Crippen LogP contribution >= 0.6 is 22.4 Å². The fraction of sp³-hybridized carbons (Fsp3) is 0.333. The normalized spacial score (nSPS) is 13.2. The zero-order valence-electron chi connectivity index (χ0n) is 9.12. The first kappa shape index (κ1) is 12.8. The number of allylic oxidation sites excluding steroid dienone is 1. The highest BCUT2D eigenvalue weighted by atomic mass is 127. The zero-order chi connectivity index (χ0) is 10.9. The molecule has 80 valence electrons. The summed E-state index contributed by atoms with van der Waals surface area (Å²) in [5, 5.41) is 2.22. The molecule has 2 radical (unpaired) electrons. The number of hydrogen-bond donors (Lipinski definition) is 1. The Morgan fingerprint density at radius 1 is 1.33 bits per heavy atom. The quantitative estimate of drug-likeness (QED) is 0.465. The van der Waals surface area contributed by atoms with Gasteiger partial charge in [-0.25, -0.2) is 0 Å². The van der Waals surface area contributed by atoms with Crippen molar-refractivity contribution >= 4 is 27.6 Å². The standard InChI is InChI=1S/C12H17BIN/c1-2-3-7-10-15(13-14)11-12-8-5-4-6-9-12/h2-6,8-9,15H,7,10-11H2,1H3/b3-2+. The van der Waals surface area contributed by atoms with Gasteiger partial charge in [0.15, 0.2) is 0 Å². The zero-order valence-corrected chi connectivity index (χ0v) is 11.3. The minimum Gasteiger partial charge on any atom is -0.558 e. The molecule has 0 aliphatic carbocycles. The second-order valence-electron chi connectivity index (χ2n) is 3.54. The number of nitrogens with one attached hydrogen (secondary N) is 1. The van der Waals surface area contributed by atoms with Gasteiger partial charge in [0.2, 0.25) is 0 Å². The van der Waals surface area contributed by atoms with E-state index in [0.717, 1.165) is 13.0 Å². The van der Waals surface area contributed by atoms with Crippen LogP contribution in [0.25, 0.3) is 0 Å². The minimum absolute atomic E-state index is 1.08. The molecule has 0 amide bonds. The third-order valence-corrected chi connectivity index (χ3v) is 3.18. The Balaban J connectivity index is 2.40.